The number of aliphatic hydroxyl groups is 1. The quantitative estimate of drug-likeness (QED) is 0.832. The van der Waals surface area contributed by atoms with Crippen LogP contribution in [0.3, 0.4) is 0 Å². The van der Waals surface area contributed by atoms with Gasteiger partial charge in [-0.3, -0.25) is 0 Å². The highest BCUT2D eigenvalue weighted by atomic mass is 19.1. The minimum atomic E-state index is -1.02. The van der Waals surface area contributed by atoms with Crippen LogP contribution in [0.5, 0.6) is 0 Å². The molecule has 0 spiro atoms. The van der Waals surface area contributed by atoms with Crippen molar-refractivity contribution in [2.45, 2.75) is 32.8 Å². The molecule has 2 rings (SSSR count). The van der Waals surface area contributed by atoms with E-state index in [0.717, 1.165) is 24.7 Å². The van der Waals surface area contributed by atoms with Crippen LogP contribution in [-0.4, -0.2) is 18.2 Å². The van der Waals surface area contributed by atoms with E-state index < -0.39 is 17.7 Å². The van der Waals surface area contributed by atoms with Gasteiger partial charge in [0.15, 0.2) is 0 Å². The maximum Gasteiger partial charge on any atom is 0.129 e. The predicted molar refractivity (Wildman–Crippen MR) is 70.7 cm³/mol. The van der Waals surface area contributed by atoms with Crippen LogP contribution in [0.1, 0.15) is 38.4 Å². The molecule has 1 aliphatic rings. The zero-order valence-electron chi connectivity index (χ0n) is 11.4. The van der Waals surface area contributed by atoms with Gasteiger partial charge in [0.25, 0.3) is 0 Å². The summed E-state index contributed by atoms with van der Waals surface area (Å²) in [5.74, 6) is -0.500. The molecule has 0 bridgehead atoms. The fourth-order valence-electron chi connectivity index (χ4n) is 2.46. The molecule has 4 heteroatoms. The summed E-state index contributed by atoms with van der Waals surface area (Å²) in [6.45, 7) is 5.45. The molecule has 1 unspecified atom stereocenters. The number of halogens is 2. The second-order valence-electron chi connectivity index (χ2n) is 5.83. The molecule has 0 saturated heterocycles. The largest absolute Gasteiger partial charge is 0.387 e. The van der Waals surface area contributed by atoms with Gasteiger partial charge in [-0.05, 0) is 42.4 Å². The number of rotatable bonds is 6. The van der Waals surface area contributed by atoms with Crippen molar-refractivity contribution in [2.24, 2.45) is 11.3 Å². The lowest BCUT2D eigenvalue weighted by atomic mass is 9.92. The summed E-state index contributed by atoms with van der Waals surface area (Å²) in [7, 11) is 0. The molecule has 1 aromatic rings. The average Bonchev–Trinajstić information content (AvgIpc) is 3.13. The van der Waals surface area contributed by atoms with Crippen LogP contribution in [0.15, 0.2) is 18.2 Å². The molecule has 1 aliphatic carbocycles. The molecule has 106 valence electrons. The van der Waals surface area contributed by atoms with Gasteiger partial charge < -0.3 is 10.4 Å². The number of nitrogens with one attached hydrogen (secondary N) is 1. The monoisotopic (exact) mass is 269 g/mol. The molecule has 2 nitrogen and oxygen atoms in total. The molecule has 1 atom stereocenters. The molecular formula is C15H21F2NO. The maximum atomic E-state index is 13.5. The summed E-state index contributed by atoms with van der Waals surface area (Å²) < 4.78 is 26.5. The van der Waals surface area contributed by atoms with Gasteiger partial charge >= 0.3 is 0 Å². The van der Waals surface area contributed by atoms with Crippen LogP contribution in [0, 0.1) is 23.0 Å². The number of benzene rings is 1. The fraction of sp³-hybridized carbons (Fsp3) is 0.600. The summed E-state index contributed by atoms with van der Waals surface area (Å²) in [5, 5.41) is 13.1. The fourth-order valence-corrected chi connectivity index (χ4v) is 2.46. The van der Waals surface area contributed by atoms with E-state index in [4.69, 9.17) is 0 Å². The third-order valence-corrected chi connectivity index (χ3v) is 4.25. The Bertz CT molecular complexity index is 444. The van der Waals surface area contributed by atoms with Crippen molar-refractivity contribution in [3.8, 4) is 0 Å². The number of aliphatic hydroxyl groups excluding tert-OH is 1. The van der Waals surface area contributed by atoms with Gasteiger partial charge in [-0.25, -0.2) is 8.78 Å². The SMILES string of the molecule is CC(C)C1(CNCC(O)c2cc(F)ccc2F)CC1. The van der Waals surface area contributed by atoms with E-state index in [2.05, 4.69) is 19.2 Å². The number of hydrogen-bond acceptors (Lipinski definition) is 2. The van der Waals surface area contributed by atoms with Crippen molar-refractivity contribution < 1.29 is 13.9 Å². The Labute approximate surface area is 112 Å². The van der Waals surface area contributed by atoms with E-state index >= 15 is 0 Å². The van der Waals surface area contributed by atoms with Crippen LogP contribution >= 0.6 is 0 Å². The highest BCUT2D eigenvalue weighted by Gasteiger charge is 2.44. The zero-order chi connectivity index (χ0) is 14.0. The van der Waals surface area contributed by atoms with Crippen molar-refractivity contribution in [3.05, 3.63) is 35.4 Å². The second-order valence-corrected chi connectivity index (χ2v) is 5.83. The lowest BCUT2D eigenvalue weighted by molar-refractivity contribution is 0.164. The van der Waals surface area contributed by atoms with Crippen molar-refractivity contribution in [1.82, 2.24) is 5.32 Å². The van der Waals surface area contributed by atoms with Crippen LogP contribution in [-0.2, 0) is 0 Å². The summed E-state index contributed by atoms with van der Waals surface area (Å²) >= 11 is 0. The molecule has 1 aromatic carbocycles. The van der Waals surface area contributed by atoms with E-state index in [-0.39, 0.29) is 12.1 Å². The lowest BCUT2D eigenvalue weighted by Gasteiger charge is -2.21. The molecule has 0 radical (unpaired) electrons. The molecular weight excluding hydrogens is 248 g/mol. The molecule has 0 heterocycles. The number of hydrogen-bond donors (Lipinski definition) is 2. The first-order chi connectivity index (χ1) is 8.94. The van der Waals surface area contributed by atoms with Crippen LogP contribution in [0.2, 0.25) is 0 Å². The highest BCUT2D eigenvalue weighted by molar-refractivity contribution is 5.21. The standard InChI is InChI=1S/C15H21F2NO/c1-10(2)15(5-6-15)9-18-8-14(19)12-7-11(16)3-4-13(12)17/h3-4,7,10,14,18-19H,5-6,8-9H2,1-2H3. The van der Waals surface area contributed by atoms with E-state index in [0.29, 0.717) is 11.3 Å². The van der Waals surface area contributed by atoms with Gasteiger partial charge in [0.2, 0.25) is 0 Å². The van der Waals surface area contributed by atoms with Crippen molar-refractivity contribution in [3.63, 3.8) is 0 Å². The van der Waals surface area contributed by atoms with Gasteiger partial charge in [0.05, 0.1) is 6.10 Å². The third-order valence-electron chi connectivity index (χ3n) is 4.25. The van der Waals surface area contributed by atoms with E-state index in [9.17, 15) is 13.9 Å². The molecule has 0 amide bonds. The van der Waals surface area contributed by atoms with E-state index in [1.165, 1.54) is 12.8 Å². The smallest absolute Gasteiger partial charge is 0.129 e. The van der Waals surface area contributed by atoms with Crippen LogP contribution < -0.4 is 5.32 Å². The van der Waals surface area contributed by atoms with E-state index in [1.807, 2.05) is 0 Å². The third kappa shape index (κ3) is 3.31. The van der Waals surface area contributed by atoms with Gasteiger partial charge in [-0.15, -0.1) is 0 Å². The Morgan fingerprint density at radius 2 is 2.00 bits per heavy atom. The topological polar surface area (TPSA) is 32.3 Å². The molecule has 1 saturated carbocycles. The summed E-state index contributed by atoms with van der Waals surface area (Å²) in [6, 6.07) is 3.15. The minimum absolute atomic E-state index is 0.0156. The van der Waals surface area contributed by atoms with Crippen molar-refractivity contribution >= 4 is 0 Å². The Balaban J connectivity index is 1.88. The molecule has 19 heavy (non-hydrogen) atoms. The van der Waals surface area contributed by atoms with Gasteiger partial charge in [0, 0.05) is 18.7 Å². The van der Waals surface area contributed by atoms with E-state index in [1.54, 1.807) is 0 Å². The average molecular weight is 269 g/mol. The Morgan fingerprint density at radius 3 is 2.58 bits per heavy atom. The zero-order valence-corrected chi connectivity index (χ0v) is 11.4. The first-order valence-electron chi connectivity index (χ1n) is 6.78. The predicted octanol–water partition coefficient (Wildman–Crippen LogP) is 3.02. The summed E-state index contributed by atoms with van der Waals surface area (Å²) in [5.41, 5.74) is 0.349. The van der Waals surface area contributed by atoms with Crippen molar-refractivity contribution in [1.29, 1.82) is 0 Å². The second kappa shape index (κ2) is 5.55. The Hall–Kier alpha value is -1.00. The Kier molecular flexibility index (Phi) is 4.21. The highest BCUT2D eigenvalue weighted by Crippen LogP contribution is 2.51. The van der Waals surface area contributed by atoms with Crippen molar-refractivity contribution in [2.75, 3.05) is 13.1 Å². The Morgan fingerprint density at radius 1 is 1.32 bits per heavy atom. The first-order valence-corrected chi connectivity index (χ1v) is 6.78. The molecule has 0 aromatic heterocycles. The maximum absolute atomic E-state index is 13.5. The van der Waals surface area contributed by atoms with Crippen LogP contribution in [0.25, 0.3) is 0 Å². The molecule has 0 aliphatic heterocycles. The normalized spacial score (nSPS) is 18.6. The lowest BCUT2D eigenvalue weighted by Crippen LogP contribution is -2.31. The summed E-state index contributed by atoms with van der Waals surface area (Å²) in [6.07, 6.45) is 1.38. The molecule has 1 fully saturated rings. The van der Waals surface area contributed by atoms with Crippen LogP contribution in [0.4, 0.5) is 8.78 Å². The van der Waals surface area contributed by atoms with Gasteiger partial charge in [-0.1, -0.05) is 13.8 Å². The van der Waals surface area contributed by atoms with Gasteiger partial charge in [0.1, 0.15) is 11.6 Å². The summed E-state index contributed by atoms with van der Waals surface area (Å²) in [4.78, 5) is 0. The first kappa shape index (κ1) is 14.4. The minimum Gasteiger partial charge on any atom is -0.387 e. The van der Waals surface area contributed by atoms with Gasteiger partial charge in [-0.2, -0.15) is 0 Å². The molecule has 2 N–H and O–H groups in total.